The largest absolute Gasteiger partial charge is 0.235 e. The summed E-state index contributed by atoms with van der Waals surface area (Å²) in [4.78, 5) is 14.4. The molecule has 0 spiro atoms. The molecule has 2 aliphatic rings. The van der Waals surface area contributed by atoms with E-state index in [1.54, 1.807) is 6.08 Å². The molecule has 2 nitrogen and oxygen atoms in total. The summed E-state index contributed by atoms with van der Waals surface area (Å²) in [5, 5.41) is 0. The fourth-order valence-electron chi connectivity index (χ4n) is 2.88. The van der Waals surface area contributed by atoms with Gasteiger partial charge in [-0.25, -0.2) is 4.79 Å². The molecule has 2 saturated carbocycles. The monoisotopic (exact) mass is 179 g/mol. The van der Waals surface area contributed by atoms with Crippen LogP contribution >= 0.6 is 0 Å². The Morgan fingerprint density at radius 2 is 1.77 bits per heavy atom. The number of isocyanates is 1. The number of nitrogens with zero attached hydrogens (tertiary/aromatic N) is 1. The quantitative estimate of drug-likeness (QED) is 0.473. The minimum atomic E-state index is 0.0438. The van der Waals surface area contributed by atoms with Gasteiger partial charge in [0.1, 0.15) is 0 Å². The van der Waals surface area contributed by atoms with Crippen molar-refractivity contribution in [3.8, 4) is 0 Å². The van der Waals surface area contributed by atoms with Crippen LogP contribution in [-0.2, 0) is 4.79 Å². The molecule has 72 valence electrons. The van der Waals surface area contributed by atoms with Crippen LogP contribution in [0.2, 0.25) is 0 Å². The summed E-state index contributed by atoms with van der Waals surface area (Å²) >= 11 is 0. The lowest BCUT2D eigenvalue weighted by molar-refractivity contribution is 0.120. The average Bonchev–Trinajstić information content (AvgIpc) is 2.13. The fourth-order valence-corrected chi connectivity index (χ4v) is 2.88. The summed E-state index contributed by atoms with van der Waals surface area (Å²) < 4.78 is 0. The van der Waals surface area contributed by atoms with E-state index in [-0.39, 0.29) is 5.54 Å². The molecule has 0 N–H and O–H groups in total. The Balaban J connectivity index is 2.05. The number of hydrogen-bond acceptors (Lipinski definition) is 2. The van der Waals surface area contributed by atoms with Gasteiger partial charge in [0.25, 0.3) is 0 Å². The molecule has 0 heterocycles. The number of aliphatic imine (C=N–C) groups is 1. The van der Waals surface area contributed by atoms with Crippen LogP contribution in [0.4, 0.5) is 0 Å². The van der Waals surface area contributed by atoms with Gasteiger partial charge < -0.3 is 0 Å². The predicted octanol–water partition coefficient (Wildman–Crippen LogP) is 2.83. The van der Waals surface area contributed by atoms with E-state index in [9.17, 15) is 4.79 Å². The lowest BCUT2D eigenvalue weighted by Crippen LogP contribution is -2.43. The van der Waals surface area contributed by atoms with Crippen molar-refractivity contribution in [3.05, 3.63) is 0 Å². The van der Waals surface area contributed by atoms with Gasteiger partial charge in [0, 0.05) is 0 Å². The summed E-state index contributed by atoms with van der Waals surface area (Å²) in [5.74, 6) is 0.691. The molecule has 2 fully saturated rings. The zero-order valence-electron chi connectivity index (χ0n) is 8.09. The predicted molar refractivity (Wildman–Crippen MR) is 51.3 cm³/mol. The van der Waals surface area contributed by atoms with Crippen LogP contribution in [-0.4, -0.2) is 11.6 Å². The van der Waals surface area contributed by atoms with Gasteiger partial charge in [-0.3, -0.25) is 0 Å². The molecule has 13 heavy (non-hydrogen) atoms. The van der Waals surface area contributed by atoms with Gasteiger partial charge in [-0.1, -0.05) is 19.3 Å². The number of carbonyl (C=O) groups excluding carboxylic acids is 1. The van der Waals surface area contributed by atoms with E-state index in [2.05, 4.69) is 4.99 Å². The van der Waals surface area contributed by atoms with E-state index in [0.29, 0.717) is 5.92 Å². The Hall–Kier alpha value is -0.620. The normalized spacial score (nSPS) is 27.4. The third-order valence-corrected chi connectivity index (χ3v) is 3.85. The van der Waals surface area contributed by atoms with E-state index in [4.69, 9.17) is 0 Å². The highest BCUT2D eigenvalue weighted by molar-refractivity contribution is 5.36. The molecule has 0 saturated heterocycles. The molecule has 2 aliphatic carbocycles. The molecule has 0 aliphatic heterocycles. The van der Waals surface area contributed by atoms with Crippen LogP contribution in [0.1, 0.15) is 51.4 Å². The molecule has 0 bridgehead atoms. The zero-order chi connectivity index (χ0) is 9.15. The van der Waals surface area contributed by atoms with Gasteiger partial charge in [0.15, 0.2) is 0 Å². The lowest BCUT2D eigenvalue weighted by Gasteiger charge is -2.45. The van der Waals surface area contributed by atoms with E-state index < -0.39 is 0 Å². The van der Waals surface area contributed by atoms with Crippen molar-refractivity contribution in [1.82, 2.24) is 0 Å². The van der Waals surface area contributed by atoms with E-state index in [0.717, 1.165) is 12.8 Å². The van der Waals surface area contributed by atoms with Crippen molar-refractivity contribution in [2.45, 2.75) is 56.9 Å². The summed E-state index contributed by atoms with van der Waals surface area (Å²) in [6.07, 6.45) is 11.9. The highest BCUT2D eigenvalue weighted by atomic mass is 16.1. The first-order valence-corrected chi connectivity index (χ1v) is 5.46. The van der Waals surface area contributed by atoms with Crippen molar-refractivity contribution >= 4 is 6.08 Å². The maximum absolute atomic E-state index is 10.4. The van der Waals surface area contributed by atoms with E-state index in [1.807, 2.05) is 0 Å². The van der Waals surface area contributed by atoms with Crippen LogP contribution < -0.4 is 0 Å². The lowest BCUT2D eigenvalue weighted by atomic mass is 9.64. The smallest absolute Gasteiger partial charge is 0.211 e. The molecule has 0 aromatic carbocycles. The molecule has 2 rings (SSSR count). The van der Waals surface area contributed by atoms with Gasteiger partial charge in [-0.2, -0.15) is 4.99 Å². The van der Waals surface area contributed by atoms with Crippen LogP contribution in [0.15, 0.2) is 4.99 Å². The second-order valence-corrected chi connectivity index (χ2v) is 4.50. The standard InChI is InChI=1S/C11H17NO/c13-9-12-11(7-4-8-11)10-5-2-1-3-6-10/h10H,1-8H2. The molecule has 0 unspecified atom stereocenters. The van der Waals surface area contributed by atoms with Crippen LogP contribution in [0.25, 0.3) is 0 Å². The molecule has 2 heteroatoms. The number of hydrogen-bond donors (Lipinski definition) is 0. The van der Waals surface area contributed by atoms with Crippen LogP contribution in [0, 0.1) is 5.92 Å². The summed E-state index contributed by atoms with van der Waals surface area (Å²) in [6.45, 7) is 0. The third kappa shape index (κ3) is 1.55. The summed E-state index contributed by atoms with van der Waals surface area (Å²) in [7, 11) is 0. The first-order valence-electron chi connectivity index (χ1n) is 5.46. The SMILES string of the molecule is O=C=NC1(C2CCCCC2)CCC1. The van der Waals surface area contributed by atoms with E-state index >= 15 is 0 Å². The first kappa shape index (κ1) is 8.96. The summed E-state index contributed by atoms with van der Waals surface area (Å²) in [5.41, 5.74) is 0.0438. The van der Waals surface area contributed by atoms with Crippen molar-refractivity contribution in [2.24, 2.45) is 10.9 Å². The van der Waals surface area contributed by atoms with Crippen LogP contribution in [0.5, 0.6) is 0 Å². The topological polar surface area (TPSA) is 29.4 Å². The van der Waals surface area contributed by atoms with Crippen molar-refractivity contribution in [1.29, 1.82) is 0 Å². The van der Waals surface area contributed by atoms with Gasteiger partial charge >= 0.3 is 0 Å². The fraction of sp³-hybridized carbons (Fsp3) is 0.909. The Morgan fingerprint density at radius 1 is 1.08 bits per heavy atom. The van der Waals surface area contributed by atoms with Gasteiger partial charge in [0.2, 0.25) is 6.08 Å². The maximum Gasteiger partial charge on any atom is 0.235 e. The summed E-state index contributed by atoms with van der Waals surface area (Å²) in [6, 6.07) is 0. The van der Waals surface area contributed by atoms with Gasteiger partial charge in [0.05, 0.1) is 5.54 Å². The molecular weight excluding hydrogens is 162 g/mol. The molecule has 0 amide bonds. The van der Waals surface area contributed by atoms with Gasteiger partial charge in [-0.15, -0.1) is 0 Å². The minimum Gasteiger partial charge on any atom is -0.211 e. The molecule has 0 atom stereocenters. The second kappa shape index (κ2) is 3.63. The Kier molecular flexibility index (Phi) is 2.50. The molecule has 0 aromatic heterocycles. The molecule has 0 aromatic rings. The highest BCUT2D eigenvalue weighted by Crippen LogP contribution is 2.47. The third-order valence-electron chi connectivity index (χ3n) is 3.85. The van der Waals surface area contributed by atoms with E-state index in [1.165, 1.54) is 38.5 Å². The highest BCUT2D eigenvalue weighted by Gasteiger charge is 2.44. The minimum absolute atomic E-state index is 0.0438. The molecular formula is C11H17NO. The Morgan fingerprint density at radius 3 is 2.23 bits per heavy atom. The zero-order valence-corrected chi connectivity index (χ0v) is 8.09. The van der Waals surface area contributed by atoms with Crippen molar-refractivity contribution in [2.75, 3.05) is 0 Å². The Labute approximate surface area is 79.4 Å². The van der Waals surface area contributed by atoms with Crippen molar-refractivity contribution in [3.63, 3.8) is 0 Å². The first-order chi connectivity index (χ1) is 6.37. The second-order valence-electron chi connectivity index (χ2n) is 4.50. The van der Waals surface area contributed by atoms with Crippen LogP contribution in [0.3, 0.4) is 0 Å². The Bertz CT molecular complexity index is 220. The van der Waals surface area contributed by atoms with Crippen molar-refractivity contribution < 1.29 is 4.79 Å². The average molecular weight is 179 g/mol. The van der Waals surface area contributed by atoms with Gasteiger partial charge in [-0.05, 0) is 38.0 Å². The molecule has 0 radical (unpaired) electrons. The maximum atomic E-state index is 10.4. The number of rotatable bonds is 2.